The fraction of sp³-hybridized carbons (Fsp3) is 0.167. The molecule has 0 unspecified atom stereocenters. The van der Waals surface area contributed by atoms with Gasteiger partial charge in [-0.25, -0.2) is 23.3 Å². The fourth-order valence-electron chi connectivity index (χ4n) is 3.10. The molecule has 9 nitrogen and oxygen atoms in total. The standard InChI is InChI=1S/C18H14Cl2F2N8O/c1-7(25-15-12(20)13(14(21)22)27-18(23)28-15)16-26-9-4-2-3-8(19)11(9)17(31)30(16)10-5-6-24-29-10/h2-7,14H,1H3,(H,24,29)(H3,23,25,27,28)/t7-/m0/s1. The van der Waals surface area contributed by atoms with Crippen LogP contribution in [0.2, 0.25) is 10.0 Å². The molecule has 0 fully saturated rings. The summed E-state index contributed by atoms with van der Waals surface area (Å²) in [6, 6.07) is 5.74. The van der Waals surface area contributed by atoms with Crippen molar-refractivity contribution in [3.8, 4) is 5.82 Å². The van der Waals surface area contributed by atoms with Crippen LogP contribution in [0.5, 0.6) is 0 Å². The first-order valence-electron chi connectivity index (χ1n) is 8.86. The molecule has 0 saturated carbocycles. The minimum absolute atomic E-state index is 0.117. The fourth-order valence-corrected chi connectivity index (χ4v) is 3.57. The van der Waals surface area contributed by atoms with Crippen molar-refractivity contribution in [1.29, 1.82) is 0 Å². The Hall–Kier alpha value is -3.31. The molecule has 0 spiro atoms. The molecule has 0 amide bonds. The van der Waals surface area contributed by atoms with Gasteiger partial charge in [-0.3, -0.25) is 9.89 Å². The molecule has 31 heavy (non-hydrogen) atoms. The zero-order chi connectivity index (χ0) is 22.3. The number of nitrogen functional groups attached to an aromatic ring is 1. The monoisotopic (exact) mass is 466 g/mol. The normalized spacial score (nSPS) is 12.5. The number of alkyl halides is 2. The Morgan fingerprint density at radius 3 is 2.65 bits per heavy atom. The van der Waals surface area contributed by atoms with Gasteiger partial charge in [-0.05, 0) is 19.1 Å². The van der Waals surface area contributed by atoms with Crippen molar-refractivity contribution in [1.82, 2.24) is 29.7 Å². The Labute approximate surface area is 183 Å². The van der Waals surface area contributed by atoms with Crippen molar-refractivity contribution in [3.05, 3.63) is 62.4 Å². The minimum Gasteiger partial charge on any atom is -0.368 e. The predicted octanol–water partition coefficient (Wildman–Crippen LogP) is 3.90. The SMILES string of the molecule is C[C@H](Nc1nc(N)nc(C(F)F)c1Cl)c1nc2cccc(Cl)c2c(=O)n1-c1ccn[nH]1. The lowest BCUT2D eigenvalue weighted by molar-refractivity contribution is 0.146. The average molecular weight is 467 g/mol. The second kappa shape index (κ2) is 8.08. The first kappa shape index (κ1) is 20.9. The molecule has 0 radical (unpaired) electrons. The number of fused-ring (bicyclic) bond motifs is 1. The topological polar surface area (TPSA) is 127 Å². The molecule has 0 saturated heterocycles. The van der Waals surface area contributed by atoms with E-state index in [0.29, 0.717) is 11.3 Å². The van der Waals surface area contributed by atoms with Gasteiger partial charge >= 0.3 is 0 Å². The lowest BCUT2D eigenvalue weighted by Crippen LogP contribution is -2.28. The van der Waals surface area contributed by atoms with E-state index >= 15 is 0 Å². The smallest absolute Gasteiger partial charge is 0.282 e. The number of nitrogens with one attached hydrogen (secondary N) is 2. The predicted molar refractivity (Wildman–Crippen MR) is 113 cm³/mol. The lowest BCUT2D eigenvalue weighted by Gasteiger charge is -2.20. The summed E-state index contributed by atoms with van der Waals surface area (Å²) in [7, 11) is 0. The largest absolute Gasteiger partial charge is 0.368 e. The van der Waals surface area contributed by atoms with Crippen molar-refractivity contribution in [2.75, 3.05) is 11.1 Å². The van der Waals surface area contributed by atoms with E-state index in [0.717, 1.165) is 0 Å². The molecule has 160 valence electrons. The molecule has 3 aromatic heterocycles. The second-order valence-electron chi connectivity index (χ2n) is 6.48. The molecule has 0 aliphatic heterocycles. The van der Waals surface area contributed by atoms with Crippen molar-refractivity contribution in [2.24, 2.45) is 0 Å². The Bertz CT molecular complexity index is 1330. The van der Waals surface area contributed by atoms with Gasteiger partial charge in [-0.15, -0.1) is 0 Å². The number of halogens is 4. The van der Waals surface area contributed by atoms with Crippen LogP contribution in [-0.2, 0) is 0 Å². The first-order valence-corrected chi connectivity index (χ1v) is 9.62. The van der Waals surface area contributed by atoms with Gasteiger partial charge in [0.15, 0.2) is 5.82 Å². The van der Waals surface area contributed by atoms with Crippen molar-refractivity contribution >= 4 is 45.9 Å². The molecule has 4 aromatic rings. The molecular formula is C18H14Cl2F2N8O. The maximum absolute atomic E-state index is 13.3. The number of anilines is 2. The zero-order valence-electron chi connectivity index (χ0n) is 15.8. The number of aromatic nitrogens is 6. The molecular weight excluding hydrogens is 453 g/mol. The molecule has 4 rings (SSSR count). The summed E-state index contributed by atoms with van der Waals surface area (Å²) >= 11 is 12.3. The first-order chi connectivity index (χ1) is 14.8. The van der Waals surface area contributed by atoms with Gasteiger partial charge in [-0.2, -0.15) is 10.1 Å². The highest BCUT2D eigenvalue weighted by molar-refractivity contribution is 6.35. The third-order valence-electron chi connectivity index (χ3n) is 4.44. The molecule has 1 atom stereocenters. The van der Waals surface area contributed by atoms with Gasteiger partial charge in [0.2, 0.25) is 5.95 Å². The molecule has 4 N–H and O–H groups in total. The van der Waals surface area contributed by atoms with Crippen LogP contribution in [0.1, 0.15) is 30.9 Å². The lowest BCUT2D eigenvalue weighted by atomic mass is 10.2. The van der Waals surface area contributed by atoms with E-state index in [9.17, 15) is 13.6 Å². The number of nitrogens with zero attached hydrogens (tertiary/aromatic N) is 5. The third kappa shape index (κ3) is 3.77. The van der Waals surface area contributed by atoms with Gasteiger partial charge in [0.1, 0.15) is 22.4 Å². The highest BCUT2D eigenvalue weighted by Crippen LogP contribution is 2.33. The van der Waals surface area contributed by atoms with Crippen LogP contribution < -0.4 is 16.6 Å². The molecule has 0 bridgehead atoms. The van der Waals surface area contributed by atoms with Crippen molar-refractivity contribution in [3.63, 3.8) is 0 Å². The summed E-state index contributed by atoms with van der Waals surface area (Å²) in [6.45, 7) is 1.65. The number of hydrogen-bond donors (Lipinski definition) is 3. The third-order valence-corrected chi connectivity index (χ3v) is 5.13. The highest BCUT2D eigenvalue weighted by Gasteiger charge is 2.24. The maximum Gasteiger partial charge on any atom is 0.282 e. The highest BCUT2D eigenvalue weighted by atomic mass is 35.5. The van der Waals surface area contributed by atoms with Crippen LogP contribution in [0, 0.1) is 0 Å². The second-order valence-corrected chi connectivity index (χ2v) is 7.27. The Morgan fingerprint density at radius 2 is 1.97 bits per heavy atom. The van der Waals surface area contributed by atoms with Crippen LogP contribution >= 0.6 is 23.2 Å². The summed E-state index contributed by atoms with van der Waals surface area (Å²) in [5.74, 6) is 0.0765. The van der Waals surface area contributed by atoms with E-state index in [2.05, 4.69) is 30.5 Å². The van der Waals surface area contributed by atoms with Crippen molar-refractivity contribution < 1.29 is 8.78 Å². The molecule has 3 heterocycles. The summed E-state index contributed by atoms with van der Waals surface area (Å²) < 4.78 is 27.7. The van der Waals surface area contributed by atoms with Gasteiger partial charge in [0, 0.05) is 6.07 Å². The maximum atomic E-state index is 13.3. The summed E-state index contributed by atoms with van der Waals surface area (Å²) in [6.07, 6.45) is -1.48. The summed E-state index contributed by atoms with van der Waals surface area (Å²) in [5.41, 5.74) is 4.77. The number of rotatable bonds is 5. The van der Waals surface area contributed by atoms with Crippen LogP contribution in [0.3, 0.4) is 0 Å². The molecule has 1 aromatic carbocycles. The minimum atomic E-state index is -2.95. The van der Waals surface area contributed by atoms with E-state index in [1.807, 2.05) is 0 Å². The quantitative estimate of drug-likeness (QED) is 0.406. The number of aromatic amines is 1. The van der Waals surface area contributed by atoms with Gasteiger partial charge in [0.05, 0.1) is 28.2 Å². The summed E-state index contributed by atoms with van der Waals surface area (Å²) in [5, 5.41) is 9.56. The van der Waals surface area contributed by atoms with E-state index in [4.69, 9.17) is 28.9 Å². The number of hydrogen-bond acceptors (Lipinski definition) is 7. The molecule has 0 aliphatic carbocycles. The van der Waals surface area contributed by atoms with E-state index in [-0.39, 0.29) is 33.0 Å². The zero-order valence-corrected chi connectivity index (χ0v) is 17.3. The van der Waals surface area contributed by atoms with Crippen LogP contribution in [0.15, 0.2) is 35.3 Å². The van der Waals surface area contributed by atoms with Crippen molar-refractivity contribution in [2.45, 2.75) is 19.4 Å². The number of nitrogens with two attached hydrogens (primary N) is 1. The van der Waals surface area contributed by atoms with Crippen LogP contribution in [-0.4, -0.2) is 29.7 Å². The van der Waals surface area contributed by atoms with Crippen LogP contribution in [0.25, 0.3) is 16.7 Å². The van der Waals surface area contributed by atoms with Gasteiger partial charge in [-0.1, -0.05) is 29.3 Å². The van der Waals surface area contributed by atoms with Gasteiger partial charge < -0.3 is 11.1 Å². The molecule has 0 aliphatic rings. The van der Waals surface area contributed by atoms with Gasteiger partial charge in [0.25, 0.3) is 12.0 Å². The van der Waals surface area contributed by atoms with E-state index < -0.39 is 23.7 Å². The van der Waals surface area contributed by atoms with Crippen LogP contribution in [0.4, 0.5) is 20.5 Å². The average Bonchev–Trinajstić information content (AvgIpc) is 3.24. The Morgan fingerprint density at radius 1 is 1.19 bits per heavy atom. The van der Waals surface area contributed by atoms with E-state index in [1.54, 1.807) is 31.2 Å². The number of H-pyrrole nitrogens is 1. The number of benzene rings is 1. The summed E-state index contributed by atoms with van der Waals surface area (Å²) in [4.78, 5) is 25.2. The molecule has 13 heteroatoms. The Kier molecular flexibility index (Phi) is 5.46. The van der Waals surface area contributed by atoms with E-state index in [1.165, 1.54) is 10.8 Å². The Balaban J connectivity index is 1.89.